The topological polar surface area (TPSA) is 142 Å². The van der Waals surface area contributed by atoms with Gasteiger partial charge in [0.05, 0.1) is 24.5 Å². The third-order valence-electron chi connectivity index (χ3n) is 5.99. The van der Waals surface area contributed by atoms with Crippen molar-refractivity contribution in [1.82, 2.24) is 10.6 Å². The lowest BCUT2D eigenvalue weighted by Gasteiger charge is -2.30. The second-order valence-electron chi connectivity index (χ2n) is 7.71. The summed E-state index contributed by atoms with van der Waals surface area (Å²) in [7, 11) is 1.26. The zero-order valence-electron chi connectivity index (χ0n) is 16.5. The van der Waals surface area contributed by atoms with Crippen molar-refractivity contribution in [2.75, 3.05) is 7.11 Å². The fourth-order valence-electron chi connectivity index (χ4n) is 4.53. The number of phenols is 1. The second-order valence-corrected chi connectivity index (χ2v) is 7.71. The first-order valence-corrected chi connectivity index (χ1v) is 9.59. The standard InChI is InChI=1S/C22H20N2O7/c1-31-20(28)13-6-4-12(5-7-13)17-15-16(19(27)23-18(15)26)22(24-17,21(29)30)10-11-2-8-14(25)9-3-11/h2-9,15-17,24-25H,10H2,1H3,(H,29,30)(H,23,26,27). The minimum absolute atomic E-state index is 0.0303. The molecule has 31 heavy (non-hydrogen) atoms. The summed E-state index contributed by atoms with van der Waals surface area (Å²) in [4.78, 5) is 49.4. The Morgan fingerprint density at radius 2 is 1.68 bits per heavy atom. The number of methoxy groups -OCH3 is 1. The van der Waals surface area contributed by atoms with Crippen LogP contribution in [-0.2, 0) is 25.5 Å². The number of carbonyl (C=O) groups excluding carboxylic acids is 3. The van der Waals surface area contributed by atoms with Crippen LogP contribution in [0.15, 0.2) is 48.5 Å². The van der Waals surface area contributed by atoms with Gasteiger partial charge in [-0.3, -0.25) is 25.0 Å². The molecular weight excluding hydrogens is 404 g/mol. The number of esters is 1. The number of amides is 2. The molecule has 2 aromatic carbocycles. The summed E-state index contributed by atoms with van der Waals surface area (Å²) in [6.07, 6.45) is -0.0682. The van der Waals surface area contributed by atoms with E-state index in [9.17, 15) is 29.4 Å². The summed E-state index contributed by atoms with van der Waals surface area (Å²) in [5.41, 5.74) is -0.271. The van der Waals surface area contributed by atoms with E-state index in [1.54, 1.807) is 24.3 Å². The van der Waals surface area contributed by atoms with Gasteiger partial charge in [-0.25, -0.2) is 4.79 Å². The van der Waals surface area contributed by atoms with Crippen LogP contribution in [0.2, 0.25) is 0 Å². The van der Waals surface area contributed by atoms with Gasteiger partial charge in [0.2, 0.25) is 11.8 Å². The highest BCUT2D eigenvalue weighted by molar-refractivity contribution is 6.09. The highest BCUT2D eigenvalue weighted by Crippen LogP contribution is 2.47. The number of hydrogen-bond acceptors (Lipinski definition) is 7. The van der Waals surface area contributed by atoms with Crippen LogP contribution in [-0.4, -0.2) is 46.6 Å². The normalized spacial score (nSPS) is 26.9. The number of carboxylic acids is 1. The molecule has 2 fully saturated rings. The molecule has 2 aliphatic heterocycles. The van der Waals surface area contributed by atoms with Gasteiger partial charge in [-0.05, 0) is 35.4 Å². The van der Waals surface area contributed by atoms with E-state index in [1.165, 1.54) is 31.4 Å². The Kier molecular flexibility index (Phi) is 4.98. The van der Waals surface area contributed by atoms with E-state index >= 15 is 0 Å². The van der Waals surface area contributed by atoms with E-state index < -0.39 is 47.2 Å². The quantitative estimate of drug-likeness (QED) is 0.407. The Bertz CT molecular complexity index is 1060. The van der Waals surface area contributed by atoms with Crippen molar-refractivity contribution in [1.29, 1.82) is 0 Å². The van der Waals surface area contributed by atoms with Gasteiger partial charge in [-0.15, -0.1) is 0 Å². The number of carbonyl (C=O) groups is 4. The molecular formula is C22H20N2O7. The number of phenolic OH excluding ortho intramolecular Hbond substituents is 1. The summed E-state index contributed by atoms with van der Waals surface area (Å²) in [5.74, 6) is -4.99. The first-order chi connectivity index (χ1) is 14.8. The SMILES string of the molecule is COC(=O)c1ccc(C2NC(Cc3ccc(O)cc3)(C(=O)O)C3C(=O)NC(=O)C23)cc1. The molecule has 4 unspecified atom stereocenters. The molecule has 0 bridgehead atoms. The molecule has 0 aliphatic carbocycles. The van der Waals surface area contributed by atoms with Crippen molar-refractivity contribution in [3.63, 3.8) is 0 Å². The van der Waals surface area contributed by atoms with Crippen LogP contribution in [0.1, 0.15) is 27.5 Å². The lowest BCUT2D eigenvalue weighted by molar-refractivity contribution is -0.149. The Balaban J connectivity index is 1.75. The molecule has 0 spiro atoms. The van der Waals surface area contributed by atoms with Crippen molar-refractivity contribution in [3.05, 3.63) is 65.2 Å². The van der Waals surface area contributed by atoms with Crippen molar-refractivity contribution in [2.45, 2.75) is 18.0 Å². The highest BCUT2D eigenvalue weighted by atomic mass is 16.5. The van der Waals surface area contributed by atoms with Crippen molar-refractivity contribution >= 4 is 23.8 Å². The predicted octanol–water partition coefficient (Wildman–Crippen LogP) is 0.778. The van der Waals surface area contributed by atoms with E-state index in [0.717, 1.165) is 0 Å². The van der Waals surface area contributed by atoms with Gasteiger partial charge in [0.1, 0.15) is 11.3 Å². The molecule has 4 atom stereocenters. The highest BCUT2D eigenvalue weighted by Gasteiger charge is 2.66. The first kappa shape index (κ1) is 20.5. The van der Waals surface area contributed by atoms with E-state index in [1.807, 2.05) is 0 Å². The maximum absolute atomic E-state index is 12.7. The number of carboxylic acid groups (broad SMARTS) is 1. The first-order valence-electron chi connectivity index (χ1n) is 9.59. The van der Waals surface area contributed by atoms with Crippen LogP contribution in [0.25, 0.3) is 0 Å². The Morgan fingerprint density at radius 3 is 2.26 bits per heavy atom. The van der Waals surface area contributed by atoms with Gasteiger partial charge in [0, 0.05) is 12.5 Å². The van der Waals surface area contributed by atoms with Crippen LogP contribution in [0, 0.1) is 11.8 Å². The lowest BCUT2D eigenvalue weighted by atomic mass is 9.76. The van der Waals surface area contributed by atoms with Crippen molar-refractivity contribution in [3.8, 4) is 5.75 Å². The fourth-order valence-corrected chi connectivity index (χ4v) is 4.53. The number of hydrogen-bond donors (Lipinski definition) is 4. The number of nitrogens with one attached hydrogen (secondary N) is 2. The van der Waals surface area contributed by atoms with Crippen LogP contribution < -0.4 is 10.6 Å². The minimum atomic E-state index is -1.73. The number of fused-ring (bicyclic) bond motifs is 1. The molecule has 2 saturated heterocycles. The van der Waals surface area contributed by atoms with Crippen molar-refractivity contribution in [2.24, 2.45) is 11.8 Å². The molecule has 160 valence electrons. The zero-order valence-corrected chi connectivity index (χ0v) is 16.5. The minimum Gasteiger partial charge on any atom is -0.508 e. The van der Waals surface area contributed by atoms with E-state index in [2.05, 4.69) is 15.4 Å². The van der Waals surface area contributed by atoms with Crippen LogP contribution >= 0.6 is 0 Å². The Labute approximate surface area is 177 Å². The van der Waals surface area contributed by atoms with Crippen LogP contribution in [0.3, 0.4) is 0 Å². The molecule has 2 amide bonds. The van der Waals surface area contributed by atoms with Gasteiger partial charge < -0.3 is 14.9 Å². The van der Waals surface area contributed by atoms with Crippen LogP contribution in [0.5, 0.6) is 5.75 Å². The van der Waals surface area contributed by atoms with Gasteiger partial charge in [0.15, 0.2) is 0 Å². The summed E-state index contributed by atoms with van der Waals surface area (Å²) >= 11 is 0. The third kappa shape index (κ3) is 3.32. The summed E-state index contributed by atoms with van der Waals surface area (Å²) in [5, 5.41) is 25.0. The van der Waals surface area contributed by atoms with Crippen molar-refractivity contribution < 1.29 is 34.1 Å². The smallest absolute Gasteiger partial charge is 0.337 e. The number of aromatic hydroxyl groups is 1. The van der Waals surface area contributed by atoms with Gasteiger partial charge in [-0.2, -0.15) is 0 Å². The van der Waals surface area contributed by atoms with E-state index in [-0.39, 0.29) is 12.2 Å². The monoisotopic (exact) mass is 424 g/mol. The summed E-state index contributed by atoms with van der Waals surface area (Å²) < 4.78 is 4.68. The van der Waals surface area contributed by atoms with Crippen LogP contribution in [0.4, 0.5) is 0 Å². The number of aliphatic carboxylic acids is 1. The molecule has 4 N–H and O–H groups in total. The molecule has 2 heterocycles. The average Bonchev–Trinajstić information content (AvgIpc) is 3.26. The number of benzene rings is 2. The summed E-state index contributed by atoms with van der Waals surface area (Å²) in [6, 6.07) is 11.5. The van der Waals surface area contributed by atoms with E-state index in [4.69, 9.17) is 0 Å². The van der Waals surface area contributed by atoms with E-state index in [0.29, 0.717) is 16.7 Å². The largest absolute Gasteiger partial charge is 0.508 e. The molecule has 2 aliphatic rings. The number of ether oxygens (including phenoxy) is 1. The molecule has 9 heteroatoms. The predicted molar refractivity (Wildman–Crippen MR) is 106 cm³/mol. The van der Waals surface area contributed by atoms with Gasteiger partial charge >= 0.3 is 11.9 Å². The maximum atomic E-state index is 12.7. The summed E-state index contributed by atoms with van der Waals surface area (Å²) in [6.45, 7) is 0. The van der Waals surface area contributed by atoms with Gasteiger partial charge in [0.25, 0.3) is 0 Å². The second kappa shape index (κ2) is 7.51. The molecule has 0 saturated carbocycles. The zero-order chi connectivity index (χ0) is 22.3. The average molecular weight is 424 g/mol. The maximum Gasteiger partial charge on any atom is 0.337 e. The Hall–Kier alpha value is -3.72. The fraction of sp³-hybridized carbons (Fsp3) is 0.273. The molecule has 2 aromatic rings. The Morgan fingerprint density at radius 1 is 1.03 bits per heavy atom. The number of imide groups is 1. The molecule has 9 nitrogen and oxygen atoms in total. The van der Waals surface area contributed by atoms with Gasteiger partial charge in [-0.1, -0.05) is 24.3 Å². The number of rotatable bonds is 5. The molecule has 0 aromatic heterocycles. The molecule has 4 rings (SSSR count). The lowest BCUT2D eigenvalue weighted by Crippen LogP contribution is -2.57. The molecule has 0 radical (unpaired) electrons. The third-order valence-corrected chi connectivity index (χ3v) is 5.99.